The minimum absolute atomic E-state index is 0.355. The Labute approximate surface area is 90.0 Å². The lowest BCUT2D eigenvalue weighted by molar-refractivity contribution is 0.0600. The molecule has 3 heteroatoms. The van der Waals surface area contributed by atoms with Gasteiger partial charge < -0.3 is 9.47 Å². The Morgan fingerprint density at radius 3 is 2.80 bits per heavy atom. The summed E-state index contributed by atoms with van der Waals surface area (Å²) in [6.07, 6.45) is 2.12. The number of hydrogen-bond donors (Lipinski definition) is 0. The molecule has 0 spiro atoms. The van der Waals surface area contributed by atoms with E-state index in [-0.39, 0.29) is 5.97 Å². The Balaban J connectivity index is 2.52. The van der Waals surface area contributed by atoms with Crippen LogP contribution in [0.2, 0.25) is 0 Å². The highest BCUT2D eigenvalue weighted by atomic mass is 16.5. The quantitative estimate of drug-likeness (QED) is 0.549. The minimum Gasteiger partial charge on any atom is -0.493 e. The average Bonchev–Trinajstić information content (AvgIpc) is 2.29. The lowest BCUT2D eigenvalue weighted by Crippen LogP contribution is -2.01. The molecule has 0 unspecified atom stereocenters. The maximum Gasteiger partial charge on any atom is 0.337 e. The van der Waals surface area contributed by atoms with Crippen LogP contribution in [-0.2, 0) is 4.74 Å². The fourth-order valence-corrected chi connectivity index (χ4v) is 1.07. The van der Waals surface area contributed by atoms with Gasteiger partial charge in [0, 0.05) is 6.07 Å². The van der Waals surface area contributed by atoms with Crippen LogP contribution in [0.25, 0.3) is 0 Å². The Morgan fingerprint density at radius 1 is 1.47 bits per heavy atom. The molecule has 0 N–H and O–H groups in total. The third-order valence-corrected chi connectivity index (χ3v) is 1.96. The molecular formula is C12H15O3. The van der Waals surface area contributed by atoms with E-state index in [1.165, 1.54) is 7.11 Å². The van der Waals surface area contributed by atoms with Gasteiger partial charge in [0.05, 0.1) is 19.3 Å². The van der Waals surface area contributed by atoms with Gasteiger partial charge in [-0.3, -0.25) is 0 Å². The van der Waals surface area contributed by atoms with Gasteiger partial charge in [0.25, 0.3) is 0 Å². The van der Waals surface area contributed by atoms with Crippen molar-refractivity contribution in [2.24, 2.45) is 0 Å². The van der Waals surface area contributed by atoms with Gasteiger partial charge in [-0.15, -0.1) is 0 Å². The van der Waals surface area contributed by atoms with Gasteiger partial charge >= 0.3 is 5.97 Å². The topological polar surface area (TPSA) is 35.5 Å². The van der Waals surface area contributed by atoms with Crippen molar-refractivity contribution in [1.29, 1.82) is 0 Å². The minimum atomic E-state index is -0.355. The Bertz CT molecular complexity index is 303. The van der Waals surface area contributed by atoms with Crippen molar-refractivity contribution in [2.45, 2.75) is 19.8 Å². The number of benzene rings is 1. The second kappa shape index (κ2) is 6.06. The molecule has 0 atom stereocenters. The molecule has 1 aromatic rings. The van der Waals surface area contributed by atoms with Crippen LogP contribution in [0.3, 0.4) is 0 Å². The highest BCUT2D eigenvalue weighted by molar-refractivity contribution is 5.89. The molecule has 0 heterocycles. The number of unbranched alkanes of at least 4 members (excludes halogenated alkanes) is 1. The molecule has 0 aliphatic carbocycles. The Morgan fingerprint density at radius 2 is 2.27 bits per heavy atom. The lowest BCUT2D eigenvalue weighted by Gasteiger charge is -2.05. The summed E-state index contributed by atoms with van der Waals surface area (Å²) in [6.45, 7) is 2.79. The highest BCUT2D eigenvalue weighted by Gasteiger charge is 2.04. The standard InChI is InChI=1S/C12H15O3/c1-3-4-9-15-11-7-5-10(6-8-11)12(13)14-2/h5-7H,3-4,9H2,1-2H3. The van der Waals surface area contributed by atoms with Crippen LogP contribution in [0.15, 0.2) is 18.2 Å². The number of hydrogen-bond acceptors (Lipinski definition) is 3. The van der Waals surface area contributed by atoms with E-state index in [1.807, 2.05) is 0 Å². The van der Waals surface area contributed by atoms with E-state index >= 15 is 0 Å². The van der Waals surface area contributed by atoms with Crippen molar-refractivity contribution in [3.05, 3.63) is 29.8 Å². The molecular weight excluding hydrogens is 192 g/mol. The van der Waals surface area contributed by atoms with Gasteiger partial charge in [0.1, 0.15) is 5.75 Å². The fraction of sp³-hybridized carbons (Fsp3) is 0.417. The summed E-state index contributed by atoms with van der Waals surface area (Å²) in [5.41, 5.74) is 0.486. The van der Waals surface area contributed by atoms with Crippen LogP contribution in [0.4, 0.5) is 0 Å². The second-order valence-corrected chi connectivity index (χ2v) is 3.14. The molecule has 0 aromatic heterocycles. The van der Waals surface area contributed by atoms with Crippen LogP contribution >= 0.6 is 0 Å². The second-order valence-electron chi connectivity index (χ2n) is 3.14. The summed E-state index contributed by atoms with van der Waals surface area (Å²) in [5.74, 6) is 0.308. The number of ether oxygens (including phenoxy) is 2. The molecule has 0 fully saturated rings. The first-order valence-corrected chi connectivity index (χ1v) is 5.00. The molecule has 0 saturated heterocycles. The first-order chi connectivity index (χ1) is 7.27. The third kappa shape index (κ3) is 3.62. The lowest BCUT2D eigenvalue weighted by atomic mass is 10.2. The van der Waals surface area contributed by atoms with Gasteiger partial charge in [-0.25, -0.2) is 4.79 Å². The van der Waals surface area contributed by atoms with Crippen molar-refractivity contribution in [3.8, 4) is 5.75 Å². The van der Waals surface area contributed by atoms with Gasteiger partial charge in [-0.2, -0.15) is 0 Å². The Hall–Kier alpha value is -1.51. The van der Waals surface area contributed by atoms with Crippen LogP contribution in [0.5, 0.6) is 5.75 Å². The number of esters is 1. The summed E-state index contributed by atoms with van der Waals surface area (Å²) in [5, 5.41) is 0. The highest BCUT2D eigenvalue weighted by Crippen LogP contribution is 2.12. The predicted octanol–water partition coefficient (Wildman–Crippen LogP) is 2.45. The molecule has 1 radical (unpaired) electrons. The molecule has 0 amide bonds. The molecule has 0 bridgehead atoms. The van der Waals surface area contributed by atoms with E-state index in [0.717, 1.165) is 12.8 Å². The molecule has 15 heavy (non-hydrogen) atoms. The number of rotatable bonds is 5. The van der Waals surface area contributed by atoms with Crippen molar-refractivity contribution in [3.63, 3.8) is 0 Å². The summed E-state index contributed by atoms with van der Waals surface area (Å²) >= 11 is 0. The normalized spacial score (nSPS) is 9.73. The molecule has 3 nitrogen and oxygen atoms in total. The maximum atomic E-state index is 11.1. The summed E-state index contributed by atoms with van der Waals surface area (Å²) in [4.78, 5) is 11.1. The largest absolute Gasteiger partial charge is 0.493 e. The van der Waals surface area contributed by atoms with Crippen molar-refractivity contribution in [1.82, 2.24) is 0 Å². The predicted molar refractivity (Wildman–Crippen MR) is 57.0 cm³/mol. The first kappa shape index (κ1) is 11.6. The zero-order chi connectivity index (χ0) is 11.1. The van der Waals surface area contributed by atoms with Gasteiger partial charge in [0.2, 0.25) is 0 Å². The van der Waals surface area contributed by atoms with Gasteiger partial charge in [-0.05, 0) is 24.6 Å². The van der Waals surface area contributed by atoms with E-state index < -0.39 is 0 Å². The van der Waals surface area contributed by atoms with Gasteiger partial charge in [0.15, 0.2) is 0 Å². The molecule has 0 saturated carbocycles. The third-order valence-electron chi connectivity index (χ3n) is 1.96. The fourth-order valence-electron chi connectivity index (χ4n) is 1.07. The first-order valence-electron chi connectivity index (χ1n) is 5.00. The number of methoxy groups -OCH3 is 1. The molecule has 1 aromatic carbocycles. The number of carbonyl (C=O) groups excluding carboxylic acids is 1. The van der Waals surface area contributed by atoms with Crippen molar-refractivity contribution < 1.29 is 14.3 Å². The average molecular weight is 207 g/mol. The summed E-state index contributed by atoms with van der Waals surface area (Å²) in [6, 6.07) is 7.86. The SMILES string of the molecule is CCCCOc1[c]cc(C(=O)OC)cc1. The van der Waals surface area contributed by atoms with Crippen LogP contribution in [0.1, 0.15) is 30.1 Å². The molecule has 0 aliphatic heterocycles. The molecule has 81 valence electrons. The Kier molecular flexibility index (Phi) is 4.68. The van der Waals surface area contributed by atoms with Crippen LogP contribution in [-0.4, -0.2) is 19.7 Å². The van der Waals surface area contributed by atoms with Crippen molar-refractivity contribution >= 4 is 5.97 Å². The van der Waals surface area contributed by atoms with Crippen LogP contribution in [0, 0.1) is 6.07 Å². The summed E-state index contributed by atoms with van der Waals surface area (Å²) < 4.78 is 9.98. The zero-order valence-corrected chi connectivity index (χ0v) is 9.08. The van der Waals surface area contributed by atoms with Gasteiger partial charge in [-0.1, -0.05) is 13.3 Å². The monoisotopic (exact) mass is 207 g/mol. The maximum absolute atomic E-state index is 11.1. The van der Waals surface area contributed by atoms with E-state index in [0.29, 0.717) is 17.9 Å². The van der Waals surface area contributed by atoms with Crippen molar-refractivity contribution in [2.75, 3.05) is 13.7 Å². The molecule has 1 rings (SSSR count). The smallest absolute Gasteiger partial charge is 0.337 e. The van der Waals surface area contributed by atoms with E-state index in [1.54, 1.807) is 18.2 Å². The zero-order valence-electron chi connectivity index (χ0n) is 9.08. The summed E-state index contributed by atoms with van der Waals surface area (Å²) in [7, 11) is 1.36. The van der Waals surface area contributed by atoms with Crippen LogP contribution < -0.4 is 4.74 Å². The number of carbonyl (C=O) groups is 1. The van der Waals surface area contributed by atoms with E-state index in [4.69, 9.17) is 4.74 Å². The molecule has 0 aliphatic rings. The van der Waals surface area contributed by atoms with E-state index in [9.17, 15) is 4.79 Å². The van der Waals surface area contributed by atoms with E-state index in [2.05, 4.69) is 17.7 Å².